The van der Waals surface area contributed by atoms with Crippen LogP contribution in [0.4, 0.5) is 22.0 Å². The molecule has 0 spiro atoms. The molecule has 0 aliphatic carbocycles. The summed E-state index contributed by atoms with van der Waals surface area (Å²) in [7, 11) is -0.628. The van der Waals surface area contributed by atoms with E-state index < -0.39 is 33.4 Å². The summed E-state index contributed by atoms with van der Waals surface area (Å²) in [5.74, 6) is -2.75. The summed E-state index contributed by atoms with van der Waals surface area (Å²) < 4.78 is 66.5. The number of rotatable bonds is 7. The number of carbonyl (C=O) groups excluding carboxylic acids is 1. The van der Waals surface area contributed by atoms with Crippen LogP contribution in [-0.2, 0) is 9.53 Å². The van der Waals surface area contributed by atoms with Gasteiger partial charge in [0.1, 0.15) is 10.9 Å². The summed E-state index contributed by atoms with van der Waals surface area (Å²) in [6.45, 7) is 11.3. The van der Waals surface area contributed by atoms with Gasteiger partial charge in [0, 0.05) is 24.9 Å². The van der Waals surface area contributed by atoms with E-state index in [1.165, 1.54) is 33.8 Å². The molecule has 0 radical (unpaired) electrons. The molecular formula is C21H29ClF5N2O2P. The lowest BCUT2D eigenvalue weighted by atomic mass is 10.3. The van der Waals surface area contributed by atoms with Gasteiger partial charge in [-0.2, -0.15) is 13.2 Å². The number of alkyl halides is 5. The molecule has 1 heterocycles. The summed E-state index contributed by atoms with van der Waals surface area (Å²) in [4.78, 5) is 17.1. The molecule has 4 nitrogen and oxygen atoms in total. The summed E-state index contributed by atoms with van der Waals surface area (Å²) in [6.07, 6.45) is -2.35. The minimum Gasteiger partial charge on any atom is -0.492 e. The number of aliphatic imine (C=N–C) groups is 1. The van der Waals surface area contributed by atoms with Crippen molar-refractivity contribution < 1.29 is 31.5 Å². The molecule has 0 aromatic carbocycles. The van der Waals surface area contributed by atoms with E-state index in [-0.39, 0.29) is 17.0 Å². The number of allylic oxidation sites excluding steroid dienone is 3. The molecule has 0 aliphatic heterocycles. The second kappa shape index (κ2) is 15.9. The topological polar surface area (TPSA) is 51.5 Å². The normalized spacial score (nSPS) is 12.5. The van der Waals surface area contributed by atoms with Gasteiger partial charge in [0.15, 0.2) is 6.61 Å². The number of ether oxygens (including phenoxy) is 1. The van der Waals surface area contributed by atoms with Crippen LogP contribution in [0.3, 0.4) is 0 Å². The monoisotopic (exact) mass is 502 g/mol. The van der Waals surface area contributed by atoms with Gasteiger partial charge in [-0.25, -0.2) is 13.8 Å². The molecule has 0 aliphatic rings. The van der Waals surface area contributed by atoms with Crippen molar-refractivity contribution >= 4 is 31.4 Å². The first-order valence-electron chi connectivity index (χ1n) is 9.20. The van der Waals surface area contributed by atoms with Gasteiger partial charge in [0.25, 0.3) is 5.92 Å². The van der Waals surface area contributed by atoms with E-state index in [4.69, 9.17) is 16.3 Å². The molecule has 182 valence electrons. The number of nitrogens with zero attached hydrogens (tertiary/aromatic N) is 2. The van der Waals surface area contributed by atoms with Crippen LogP contribution in [0.15, 0.2) is 47.4 Å². The van der Waals surface area contributed by atoms with Crippen molar-refractivity contribution in [3.8, 4) is 0 Å². The molecule has 1 rings (SSSR count). The Hall–Kier alpha value is -1.86. The first-order valence-corrected chi connectivity index (χ1v) is 10.8. The van der Waals surface area contributed by atoms with Crippen LogP contribution in [-0.4, -0.2) is 41.1 Å². The summed E-state index contributed by atoms with van der Waals surface area (Å²) in [6, 6.07) is 3.70. The zero-order valence-electron chi connectivity index (χ0n) is 18.9. The number of aromatic nitrogens is 1. The highest BCUT2D eigenvalue weighted by atomic mass is 35.5. The largest absolute Gasteiger partial charge is 0.492 e. The van der Waals surface area contributed by atoms with Crippen molar-refractivity contribution in [3.05, 3.63) is 53.2 Å². The Morgan fingerprint density at radius 3 is 2.09 bits per heavy atom. The van der Waals surface area contributed by atoms with E-state index in [9.17, 15) is 26.7 Å². The summed E-state index contributed by atoms with van der Waals surface area (Å²) >= 11 is 5.50. The molecule has 0 saturated carbocycles. The molecule has 0 N–H and O–H groups in total. The van der Waals surface area contributed by atoms with Crippen LogP contribution in [0.1, 0.15) is 40.2 Å². The van der Waals surface area contributed by atoms with Crippen LogP contribution in [0.2, 0.25) is 5.15 Å². The standard InChI is InChI=1S/C12H17F5NOP.C6H6ClN.C3H6O/c1-8(2)18-10(20-7-12(15,16)17)5-9(3)19-6-11(4,13)14;1-5-2-3-6(7)8-4-5;1-3(2)4/h5,20H,1,6-7H2,2-4H3;2-4H,1H3;1-2H3/b9-5+,18-10?;;. The molecule has 1 aromatic rings. The fourth-order valence-electron chi connectivity index (χ4n) is 1.44. The average Bonchev–Trinajstić information content (AvgIpc) is 2.59. The van der Waals surface area contributed by atoms with Crippen LogP contribution >= 0.6 is 20.2 Å². The van der Waals surface area contributed by atoms with Gasteiger partial charge in [0.2, 0.25) is 0 Å². The molecule has 0 amide bonds. The third kappa shape index (κ3) is 26.2. The molecule has 32 heavy (non-hydrogen) atoms. The highest BCUT2D eigenvalue weighted by Gasteiger charge is 2.27. The van der Waals surface area contributed by atoms with Gasteiger partial charge in [0.05, 0.1) is 17.4 Å². The average molecular weight is 503 g/mol. The van der Waals surface area contributed by atoms with Crippen LogP contribution in [0.25, 0.3) is 0 Å². The third-order valence-corrected chi connectivity index (χ3v) is 3.97. The number of ketones is 1. The SMILES string of the molecule is C=C(C)N=C(/C=C(\C)OCC(C)(F)F)PCC(F)(F)F.CC(C)=O.Cc1ccc(Cl)nc1. The Morgan fingerprint density at radius 2 is 1.75 bits per heavy atom. The second-order valence-electron chi connectivity index (χ2n) is 6.88. The highest BCUT2D eigenvalue weighted by Crippen LogP contribution is 2.28. The van der Waals surface area contributed by atoms with E-state index in [1.54, 1.807) is 12.3 Å². The fraction of sp³-hybridized carbons (Fsp3) is 0.476. The number of aryl methyl sites for hydroxylation is 1. The van der Waals surface area contributed by atoms with Crippen molar-refractivity contribution in [2.24, 2.45) is 4.99 Å². The molecule has 0 bridgehead atoms. The lowest BCUT2D eigenvalue weighted by Gasteiger charge is -2.13. The van der Waals surface area contributed by atoms with E-state index in [0.717, 1.165) is 5.56 Å². The van der Waals surface area contributed by atoms with Gasteiger partial charge < -0.3 is 9.53 Å². The highest BCUT2D eigenvalue weighted by molar-refractivity contribution is 7.59. The number of carbonyl (C=O) groups is 1. The number of hydrogen-bond donors (Lipinski definition) is 0. The summed E-state index contributed by atoms with van der Waals surface area (Å²) in [5.41, 5.74) is 1.58. The van der Waals surface area contributed by atoms with Gasteiger partial charge in [-0.05, 0) is 46.2 Å². The number of halogens is 6. The maximum Gasteiger partial charge on any atom is 0.393 e. The van der Waals surface area contributed by atoms with Gasteiger partial charge in [-0.3, -0.25) is 4.99 Å². The first kappa shape index (κ1) is 32.3. The first-order chi connectivity index (χ1) is 14.4. The Bertz CT molecular complexity index is 749. The lowest BCUT2D eigenvalue weighted by molar-refractivity contribution is -0.115. The maximum absolute atomic E-state index is 12.6. The molecule has 0 fully saturated rings. The van der Waals surface area contributed by atoms with Gasteiger partial charge >= 0.3 is 6.18 Å². The molecular weight excluding hydrogens is 474 g/mol. The summed E-state index contributed by atoms with van der Waals surface area (Å²) in [5, 5.41) is 0.551. The van der Waals surface area contributed by atoms with E-state index in [2.05, 4.69) is 16.6 Å². The van der Waals surface area contributed by atoms with Crippen LogP contribution in [0, 0.1) is 6.92 Å². The van der Waals surface area contributed by atoms with Crippen molar-refractivity contribution in [2.75, 3.05) is 12.8 Å². The van der Waals surface area contributed by atoms with Crippen LogP contribution in [0.5, 0.6) is 0 Å². The third-order valence-electron chi connectivity index (χ3n) is 2.55. The zero-order chi connectivity index (χ0) is 25.5. The van der Waals surface area contributed by atoms with Gasteiger partial charge in [-0.15, -0.1) is 0 Å². The van der Waals surface area contributed by atoms with Crippen LogP contribution < -0.4 is 0 Å². The number of hydrogen-bond acceptors (Lipinski definition) is 4. The predicted molar refractivity (Wildman–Crippen MR) is 122 cm³/mol. The molecule has 1 atom stereocenters. The minimum atomic E-state index is -4.30. The molecule has 1 aromatic heterocycles. The molecule has 1 unspecified atom stereocenters. The Kier molecular flexibility index (Phi) is 16.0. The molecule has 11 heteroatoms. The zero-order valence-corrected chi connectivity index (χ0v) is 20.7. The quantitative estimate of drug-likeness (QED) is 0.128. The number of pyridine rings is 1. The van der Waals surface area contributed by atoms with Gasteiger partial charge in [-0.1, -0.05) is 32.8 Å². The van der Waals surface area contributed by atoms with Crippen molar-refractivity contribution in [2.45, 2.75) is 53.6 Å². The van der Waals surface area contributed by atoms with Crippen molar-refractivity contribution in [3.63, 3.8) is 0 Å². The maximum atomic E-state index is 12.6. The molecule has 0 saturated heterocycles. The van der Waals surface area contributed by atoms with E-state index in [0.29, 0.717) is 17.8 Å². The van der Waals surface area contributed by atoms with Crippen molar-refractivity contribution in [1.29, 1.82) is 0 Å². The Labute approximate surface area is 192 Å². The fourth-order valence-corrected chi connectivity index (χ4v) is 2.51. The Morgan fingerprint density at radius 1 is 1.22 bits per heavy atom. The second-order valence-corrected chi connectivity index (χ2v) is 8.49. The van der Waals surface area contributed by atoms with E-state index in [1.807, 2.05) is 13.0 Å². The Balaban J connectivity index is 0. The predicted octanol–water partition coefficient (Wildman–Crippen LogP) is 7.37. The minimum absolute atomic E-state index is 0.0844. The number of Topliss-reactive ketones (excluding diaryl/α,β-unsaturated/α-hetero) is 1. The smallest absolute Gasteiger partial charge is 0.393 e. The van der Waals surface area contributed by atoms with Crippen molar-refractivity contribution in [1.82, 2.24) is 4.98 Å². The lowest BCUT2D eigenvalue weighted by Crippen LogP contribution is -2.18. The van der Waals surface area contributed by atoms with E-state index >= 15 is 0 Å².